The molecule has 0 atom stereocenters. The van der Waals surface area contributed by atoms with Crippen LogP contribution in [0, 0.1) is 0 Å². The lowest BCUT2D eigenvalue weighted by Gasteiger charge is -2.33. The molecule has 0 aliphatic carbocycles. The number of hydrogen-bond donors (Lipinski definition) is 0. The van der Waals surface area contributed by atoms with E-state index in [-0.39, 0.29) is 0 Å². The van der Waals surface area contributed by atoms with Crippen molar-refractivity contribution in [1.29, 1.82) is 0 Å². The molecule has 0 radical (unpaired) electrons. The fourth-order valence-electron chi connectivity index (χ4n) is 3.37. The zero-order valence-corrected chi connectivity index (χ0v) is 15.5. The van der Waals surface area contributed by atoms with Crippen LogP contribution in [-0.2, 0) is 10.3 Å². The van der Waals surface area contributed by atoms with Gasteiger partial charge in [0.25, 0.3) is 0 Å². The third-order valence-electron chi connectivity index (χ3n) is 4.81. The predicted molar refractivity (Wildman–Crippen MR) is 107 cm³/mol. The number of benzene rings is 2. The maximum Gasteiger partial charge on any atom is 0.143 e. The monoisotopic (exact) mass is 334 g/mol. The van der Waals surface area contributed by atoms with Crippen LogP contribution in [0.3, 0.4) is 0 Å². The number of hydrogen-bond acceptors (Lipinski definition) is 3. The van der Waals surface area contributed by atoms with E-state index in [1.807, 2.05) is 34.3 Å². The van der Waals surface area contributed by atoms with Crippen LogP contribution >= 0.6 is 0 Å². The van der Waals surface area contributed by atoms with E-state index in [4.69, 9.17) is 4.74 Å². The molecule has 0 fully saturated rings. The van der Waals surface area contributed by atoms with Gasteiger partial charge in [-0.15, -0.1) is 0 Å². The molecule has 0 spiro atoms. The molecule has 25 heavy (non-hydrogen) atoms. The molecular weight excluding hydrogens is 308 g/mol. The van der Waals surface area contributed by atoms with Gasteiger partial charge in [0, 0.05) is 39.6 Å². The second-order valence-corrected chi connectivity index (χ2v) is 6.74. The van der Waals surface area contributed by atoms with Crippen molar-refractivity contribution in [2.75, 3.05) is 44.6 Å². The Morgan fingerprint density at radius 2 is 1.28 bits per heavy atom. The highest BCUT2D eigenvalue weighted by Crippen LogP contribution is 2.44. The van der Waals surface area contributed by atoms with Crippen LogP contribution in [-0.4, -0.2) is 34.8 Å². The first-order valence-corrected chi connectivity index (χ1v) is 8.52. The lowest BCUT2D eigenvalue weighted by Crippen LogP contribution is -2.29. The number of rotatable bonds is 5. The lowest BCUT2D eigenvalue weighted by atomic mass is 9.80. The summed E-state index contributed by atoms with van der Waals surface area (Å²) < 4.78 is 6.33. The van der Waals surface area contributed by atoms with Crippen LogP contribution < -0.4 is 9.80 Å². The first kappa shape index (κ1) is 17.3. The summed E-state index contributed by atoms with van der Waals surface area (Å²) in [4.78, 5) is 4.20. The van der Waals surface area contributed by atoms with Crippen molar-refractivity contribution in [1.82, 2.24) is 0 Å². The fourth-order valence-corrected chi connectivity index (χ4v) is 3.37. The van der Waals surface area contributed by atoms with Crippen molar-refractivity contribution < 1.29 is 4.74 Å². The van der Waals surface area contributed by atoms with Gasteiger partial charge in [0.2, 0.25) is 0 Å². The summed E-state index contributed by atoms with van der Waals surface area (Å²) >= 11 is 0. The molecule has 3 rings (SSSR count). The van der Waals surface area contributed by atoms with Gasteiger partial charge >= 0.3 is 0 Å². The van der Waals surface area contributed by atoms with Gasteiger partial charge in [0.15, 0.2) is 0 Å². The second-order valence-electron chi connectivity index (χ2n) is 6.74. The Hall–Kier alpha value is -2.52. The first-order valence-electron chi connectivity index (χ1n) is 8.52. The van der Waals surface area contributed by atoms with Crippen LogP contribution in [0.1, 0.15) is 11.1 Å². The average Bonchev–Trinajstić information content (AvgIpc) is 3.06. The summed E-state index contributed by atoms with van der Waals surface area (Å²) in [6, 6.07) is 17.1. The van der Waals surface area contributed by atoms with Gasteiger partial charge in [-0.2, -0.15) is 0 Å². The third-order valence-corrected chi connectivity index (χ3v) is 4.81. The Morgan fingerprint density at radius 3 is 1.64 bits per heavy atom. The maximum absolute atomic E-state index is 6.33. The Morgan fingerprint density at radius 1 is 0.840 bits per heavy atom. The van der Waals surface area contributed by atoms with Crippen molar-refractivity contribution in [3.05, 3.63) is 84.0 Å². The van der Waals surface area contributed by atoms with E-state index in [1.165, 1.54) is 11.4 Å². The van der Waals surface area contributed by atoms with Crippen LogP contribution in [0.4, 0.5) is 11.4 Å². The quantitative estimate of drug-likeness (QED) is 0.815. The Balaban J connectivity index is 2.11. The molecule has 2 aromatic rings. The first-order chi connectivity index (χ1) is 12.0. The number of anilines is 2. The summed E-state index contributed by atoms with van der Waals surface area (Å²) in [5, 5.41) is 0. The van der Waals surface area contributed by atoms with Crippen LogP contribution in [0.2, 0.25) is 0 Å². The smallest absolute Gasteiger partial charge is 0.143 e. The lowest BCUT2D eigenvalue weighted by molar-refractivity contribution is 0.0519. The van der Waals surface area contributed by atoms with E-state index in [0.29, 0.717) is 6.61 Å². The zero-order valence-electron chi connectivity index (χ0n) is 15.5. The van der Waals surface area contributed by atoms with E-state index in [0.717, 1.165) is 16.7 Å². The number of ether oxygens (including phenoxy) is 1. The fraction of sp³-hybridized carbons (Fsp3) is 0.273. The van der Waals surface area contributed by atoms with Crippen LogP contribution in [0.5, 0.6) is 0 Å². The summed E-state index contributed by atoms with van der Waals surface area (Å²) in [5.41, 5.74) is 5.10. The van der Waals surface area contributed by atoms with E-state index >= 15 is 0 Å². The van der Waals surface area contributed by atoms with E-state index in [1.54, 1.807) is 0 Å². The normalized spacial score (nSPS) is 15.6. The van der Waals surface area contributed by atoms with Crippen molar-refractivity contribution in [2.24, 2.45) is 0 Å². The number of nitrogens with zero attached hydrogens (tertiary/aromatic N) is 2. The van der Waals surface area contributed by atoms with Gasteiger partial charge in [0.05, 0.1) is 6.61 Å². The predicted octanol–water partition coefficient (Wildman–Crippen LogP) is 4.20. The molecule has 0 saturated carbocycles. The SMILES string of the molecule is C=CC1=CCOC1(c1ccc(N(C)C)cc1)c1ccc(N(C)C)cc1. The Labute approximate surface area is 150 Å². The third kappa shape index (κ3) is 2.96. The van der Waals surface area contributed by atoms with E-state index in [2.05, 4.69) is 71.0 Å². The molecule has 1 aliphatic heterocycles. The van der Waals surface area contributed by atoms with E-state index < -0.39 is 5.60 Å². The van der Waals surface area contributed by atoms with Crippen LogP contribution in [0.15, 0.2) is 72.8 Å². The molecular formula is C22H26N2O. The molecule has 3 heteroatoms. The molecule has 130 valence electrons. The van der Waals surface area contributed by atoms with E-state index in [9.17, 15) is 0 Å². The Kier molecular flexibility index (Phi) is 4.69. The maximum atomic E-state index is 6.33. The molecule has 3 nitrogen and oxygen atoms in total. The standard InChI is InChI=1S/C22H26N2O/c1-6-17-15-16-25-22(17,18-7-11-20(12-8-18)23(2)3)19-9-13-21(14-10-19)24(4)5/h6-15H,1,16H2,2-5H3. The van der Waals surface area contributed by atoms with Crippen molar-refractivity contribution in [3.63, 3.8) is 0 Å². The van der Waals surface area contributed by atoms with Gasteiger partial charge in [0.1, 0.15) is 5.60 Å². The molecule has 2 aromatic carbocycles. The average molecular weight is 334 g/mol. The van der Waals surface area contributed by atoms with Crippen LogP contribution in [0.25, 0.3) is 0 Å². The topological polar surface area (TPSA) is 15.7 Å². The summed E-state index contributed by atoms with van der Waals surface area (Å²) in [7, 11) is 8.19. The molecule has 1 heterocycles. The minimum Gasteiger partial charge on any atom is -0.378 e. The molecule has 0 N–H and O–H groups in total. The van der Waals surface area contributed by atoms with Gasteiger partial charge in [-0.1, -0.05) is 43.0 Å². The molecule has 0 bridgehead atoms. The highest BCUT2D eigenvalue weighted by Gasteiger charge is 2.41. The Bertz CT molecular complexity index is 719. The van der Waals surface area contributed by atoms with Gasteiger partial charge in [-0.05, 0) is 41.0 Å². The van der Waals surface area contributed by atoms with Gasteiger partial charge in [-0.3, -0.25) is 0 Å². The molecule has 0 aromatic heterocycles. The minimum atomic E-state index is -0.586. The highest BCUT2D eigenvalue weighted by atomic mass is 16.5. The van der Waals surface area contributed by atoms with Crippen molar-refractivity contribution in [3.8, 4) is 0 Å². The highest BCUT2D eigenvalue weighted by molar-refractivity contribution is 5.57. The molecule has 0 unspecified atom stereocenters. The molecule has 0 amide bonds. The largest absolute Gasteiger partial charge is 0.378 e. The summed E-state index contributed by atoms with van der Waals surface area (Å²) in [6.07, 6.45) is 4.03. The summed E-state index contributed by atoms with van der Waals surface area (Å²) in [5.74, 6) is 0. The van der Waals surface area contributed by atoms with Crippen molar-refractivity contribution >= 4 is 11.4 Å². The zero-order chi connectivity index (χ0) is 18.0. The molecule has 1 aliphatic rings. The second kappa shape index (κ2) is 6.77. The molecule has 0 saturated heterocycles. The van der Waals surface area contributed by atoms with Crippen molar-refractivity contribution in [2.45, 2.75) is 5.60 Å². The van der Waals surface area contributed by atoms with Gasteiger partial charge < -0.3 is 14.5 Å². The summed E-state index contributed by atoms with van der Waals surface area (Å²) in [6.45, 7) is 4.61. The minimum absolute atomic E-state index is 0.586. The van der Waals surface area contributed by atoms with Gasteiger partial charge in [-0.25, -0.2) is 0 Å².